The third-order valence-corrected chi connectivity index (χ3v) is 2.13. The largest absolute Gasteiger partial charge is 0.264 e. The van der Waals surface area contributed by atoms with E-state index in [-0.39, 0.29) is 5.56 Å². The topological polar surface area (TPSA) is 12.9 Å². The Balaban J connectivity index is 2.31. The molecule has 0 spiro atoms. The molecule has 0 aliphatic carbocycles. The average Bonchev–Trinajstić information content (AvgIpc) is 2.30. The molecule has 0 aliphatic heterocycles. The third-order valence-electron chi connectivity index (χ3n) is 2.13. The van der Waals surface area contributed by atoms with Crippen LogP contribution in [0.3, 0.4) is 0 Å². The summed E-state index contributed by atoms with van der Waals surface area (Å²) in [5.74, 6) is -1.14. The minimum atomic E-state index is -0.569. The summed E-state index contributed by atoms with van der Waals surface area (Å²) in [6, 6.07) is 7.36. The zero-order valence-electron chi connectivity index (χ0n) is 8.40. The van der Waals surface area contributed by atoms with Crippen molar-refractivity contribution in [2.75, 3.05) is 0 Å². The fraction of sp³-hybridized carbons (Fsp3) is 0. The first kappa shape index (κ1) is 10.5. The Morgan fingerprint density at radius 1 is 0.938 bits per heavy atom. The molecule has 1 heterocycles. The Kier molecular flexibility index (Phi) is 3.05. The number of pyridine rings is 1. The van der Waals surface area contributed by atoms with Gasteiger partial charge in [0.1, 0.15) is 11.6 Å². The van der Waals surface area contributed by atoms with E-state index in [2.05, 4.69) is 4.98 Å². The molecule has 80 valence electrons. The molecule has 0 fully saturated rings. The smallest absolute Gasteiger partial charge is 0.133 e. The number of halogens is 2. The molecule has 0 aliphatic rings. The van der Waals surface area contributed by atoms with Crippen LogP contribution in [0.15, 0.2) is 42.7 Å². The molecule has 1 aromatic carbocycles. The Labute approximate surface area is 92.1 Å². The molecule has 2 aromatic rings. The van der Waals surface area contributed by atoms with Gasteiger partial charge in [-0.1, -0.05) is 18.2 Å². The number of benzene rings is 1. The van der Waals surface area contributed by atoms with Crippen LogP contribution >= 0.6 is 0 Å². The molecule has 3 heteroatoms. The van der Waals surface area contributed by atoms with Crippen molar-refractivity contribution in [2.45, 2.75) is 0 Å². The first-order valence-corrected chi connectivity index (χ1v) is 4.79. The fourth-order valence-electron chi connectivity index (χ4n) is 1.32. The number of aromatic nitrogens is 1. The minimum absolute atomic E-state index is 0.0358. The highest BCUT2D eigenvalue weighted by Crippen LogP contribution is 2.15. The first-order chi connectivity index (χ1) is 7.77. The molecule has 0 amide bonds. The standard InChI is InChI=1S/C13H9F2N/c14-12-4-1-5-13(15)11(12)7-6-10-3-2-8-16-9-10/h1-9H/b7-6+. The van der Waals surface area contributed by atoms with Gasteiger partial charge < -0.3 is 0 Å². The molecule has 2 rings (SSSR count). The summed E-state index contributed by atoms with van der Waals surface area (Å²) in [5.41, 5.74) is 0.761. The van der Waals surface area contributed by atoms with Crippen molar-refractivity contribution in [1.82, 2.24) is 4.98 Å². The summed E-state index contributed by atoms with van der Waals surface area (Å²) in [6.45, 7) is 0. The van der Waals surface area contributed by atoms with Gasteiger partial charge in [0.2, 0.25) is 0 Å². The Bertz CT molecular complexity index is 486. The van der Waals surface area contributed by atoms with Crippen molar-refractivity contribution in [3.05, 3.63) is 65.5 Å². The summed E-state index contributed by atoms with van der Waals surface area (Å²) in [4.78, 5) is 3.90. The van der Waals surface area contributed by atoms with Crippen molar-refractivity contribution >= 4 is 12.2 Å². The molecule has 0 saturated heterocycles. The maximum atomic E-state index is 13.2. The Morgan fingerprint density at radius 3 is 2.31 bits per heavy atom. The normalized spacial score (nSPS) is 10.9. The second kappa shape index (κ2) is 4.66. The zero-order chi connectivity index (χ0) is 11.4. The molecule has 0 saturated carbocycles. The lowest BCUT2D eigenvalue weighted by molar-refractivity contribution is 0.579. The van der Waals surface area contributed by atoms with E-state index in [1.807, 2.05) is 6.07 Å². The number of hydrogen-bond acceptors (Lipinski definition) is 1. The summed E-state index contributed by atoms with van der Waals surface area (Å²) < 4.78 is 26.5. The molecule has 0 bridgehead atoms. The van der Waals surface area contributed by atoms with Crippen molar-refractivity contribution in [3.8, 4) is 0 Å². The van der Waals surface area contributed by atoms with Crippen LogP contribution in [0.2, 0.25) is 0 Å². The van der Waals surface area contributed by atoms with Crippen molar-refractivity contribution in [1.29, 1.82) is 0 Å². The predicted octanol–water partition coefficient (Wildman–Crippen LogP) is 3.53. The highest BCUT2D eigenvalue weighted by atomic mass is 19.1. The van der Waals surface area contributed by atoms with Gasteiger partial charge in [-0.05, 0) is 29.8 Å². The summed E-state index contributed by atoms with van der Waals surface area (Å²) in [6.07, 6.45) is 6.28. The van der Waals surface area contributed by atoms with Crippen LogP contribution in [-0.4, -0.2) is 4.98 Å². The monoisotopic (exact) mass is 217 g/mol. The van der Waals surface area contributed by atoms with E-state index in [0.29, 0.717) is 0 Å². The fourth-order valence-corrected chi connectivity index (χ4v) is 1.32. The lowest BCUT2D eigenvalue weighted by atomic mass is 10.1. The van der Waals surface area contributed by atoms with Gasteiger partial charge in [0.15, 0.2) is 0 Å². The van der Waals surface area contributed by atoms with Gasteiger partial charge in [-0.2, -0.15) is 0 Å². The molecular formula is C13H9F2N. The van der Waals surface area contributed by atoms with E-state index in [1.54, 1.807) is 24.5 Å². The van der Waals surface area contributed by atoms with Crippen molar-refractivity contribution in [2.24, 2.45) is 0 Å². The van der Waals surface area contributed by atoms with E-state index in [9.17, 15) is 8.78 Å². The van der Waals surface area contributed by atoms with E-state index < -0.39 is 11.6 Å². The summed E-state index contributed by atoms with van der Waals surface area (Å²) in [7, 11) is 0. The van der Waals surface area contributed by atoms with Gasteiger partial charge >= 0.3 is 0 Å². The van der Waals surface area contributed by atoms with Crippen LogP contribution in [0.1, 0.15) is 11.1 Å². The van der Waals surface area contributed by atoms with Gasteiger partial charge in [-0.3, -0.25) is 4.98 Å². The number of hydrogen-bond donors (Lipinski definition) is 0. The van der Waals surface area contributed by atoms with Crippen LogP contribution in [0.5, 0.6) is 0 Å². The minimum Gasteiger partial charge on any atom is -0.264 e. The molecule has 0 atom stereocenters. The van der Waals surface area contributed by atoms with Gasteiger partial charge in [0.25, 0.3) is 0 Å². The molecule has 0 unspecified atom stereocenters. The quantitative estimate of drug-likeness (QED) is 0.749. The van der Waals surface area contributed by atoms with Gasteiger partial charge in [-0.25, -0.2) is 8.78 Å². The van der Waals surface area contributed by atoms with Crippen LogP contribution in [0.4, 0.5) is 8.78 Å². The Morgan fingerprint density at radius 2 is 1.69 bits per heavy atom. The molecule has 0 N–H and O–H groups in total. The molecule has 1 nitrogen and oxygen atoms in total. The van der Waals surface area contributed by atoms with Gasteiger partial charge in [0.05, 0.1) is 0 Å². The second-order valence-corrected chi connectivity index (χ2v) is 3.26. The lowest BCUT2D eigenvalue weighted by Gasteiger charge is -1.98. The number of rotatable bonds is 2. The maximum absolute atomic E-state index is 13.2. The van der Waals surface area contributed by atoms with Crippen LogP contribution in [0, 0.1) is 11.6 Å². The zero-order valence-corrected chi connectivity index (χ0v) is 8.40. The summed E-state index contributed by atoms with van der Waals surface area (Å²) in [5, 5.41) is 0. The van der Waals surface area contributed by atoms with Gasteiger partial charge in [-0.15, -0.1) is 0 Å². The molecular weight excluding hydrogens is 208 g/mol. The summed E-state index contributed by atoms with van der Waals surface area (Å²) >= 11 is 0. The van der Waals surface area contributed by atoms with Gasteiger partial charge in [0, 0.05) is 18.0 Å². The maximum Gasteiger partial charge on any atom is 0.133 e. The highest BCUT2D eigenvalue weighted by Gasteiger charge is 2.03. The average molecular weight is 217 g/mol. The second-order valence-electron chi connectivity index (χ2n) is 3.26. The van der Waals surface area contributed by atoms with E-state index in [1.165, 1.54) is 24.3 Å². The van der Waals surface area contributed by atoms with Crippen LogP contribution in [-0.2, 0) is 0 Å². The predicted molar refractivity (Wildman–Crippen MR) is 59.5 cm³/mol. The van der Waals surface area contributed by atoms with E-state index in [4.69, 9.17) is 0 Å². The highest BCUT2D eigenvalue weighted by molar-refractivity contribution is 5.69. The SMILES string of the molecule is Fc1cccc(F)c1/C=C/c1cccnc1. The first-order valence-electron chi connectivity index (χ1n) is 4.79. The van der Waals surface area contributed by atoms with Crippen LogP contribution < -0.4 is 0 Å². The van der Waals surface area contributed by atoms with Crippen LogP contribution in [0.25, 0.3) is 12.2 Å². The number of nitrogens with zero attached hydrogens (tertiary/aromatic N) is 1. The van der Waals surface area contributed by atoms with E-state index >= 15 is 0 Å². The van der Waals surface area contributed by atoms with Crippen molar-refractivity contribution in [3.63, 3.8) is 0 Å². The molecule has 1 aromatic heterocycles. The van der Waals surface area contributed by atoms with Crippen molar-refractivity contribution < 1.29 is 8.78 Å². The van der Waals surface area contributed by atoms with E-state index in [0.717, 1.165) is 5.56 Å². The Hall–Kier alpha value is -2.03. The third kappa shape index (κ3) is 2.31. The lowest BCUT2D eigenvalue weighted by Crippen LogP contribution is -1.87. The molecule has 0 radical (unpaired) electrons. The molecule has 16 heavy (non-hydrogen) atoms.